The molecule has 0 spiro atoms. The Morgan fingerprint density at radius 3 is 2.52 bits per heavy atom. The van der Waals surface area contributed by atoms with Crippen LogP contribution >= 0.6 is 0 Å². The number of rotatable bonds is 5. The van der Waals surface area contributed by atoms with E-state index in [1.807, 2.05) is 42.5 Å². The molecule has 1 amide bonds. The summed E-state index contributed by atoms with van der Waals surface area (Å²) in [6.45, 7) is 2.72. The second-order valence-electron chi connectivity index (χ2n) is 5.64. The van der Waals surface area contributed by atoms with Crippen LogP contribution in [0.5, 0.6) is 0 Å². The molecule has 4 nitrogen and oxygen atoms in total. The number of benzene rings is 2. The third-order valence-corrected chi connectivity index (χ3v) is 3.81. The number of hydrogen-bond acceptors (Lipinski definition) is 3. The van der Waals surface area contributed by atoms with Gasteiger partial charge in [-0.2, -0.15) is 0 Å². The fourth-order valence-corrected chi connectivity index (χ4v) is 2.47. The highest BCUT2D eigenvalue weighted by molar-refractivity contribution is 5.79. The lowest BCUT2D eigenvalue weighted by atomic mass is 10.0. The molecule has 116 valence electrons. The Kier molecular flexibility index (Phi) is 4.62. The second-order valence-corrected chi connectivity index (χ2v) is 5.64. The molecule has 0 saturated carbocycles. The first-order valence-corrected chi connectivity index (χ1v) is 7.74. The Hall–Kier alpha value is -2.75. The summed E-state index contributed by atoms with van der Waals surface area (Å²) in [5.74, 6) is 0.250. The fourth-order valence-electron chi connectivity index (χ4n) is 2.47. The van der Waals surface area contributed by atoms with Gasteiger partial charge in [0.1, 0.15) is 0 Å². The molecular weight excluding hydrogens is 286 g/mol. The minimum atomic E-state index is -0.0302. The zero-order valence-electron chi connectivity index (χ0n) is 13.1. The van der Waals surface area contributed by atoms with Crippen molar-refractivity contribution in [1.29, 1.82) is 0 Å². The average Bonchev–Trinajstić information content (AvgIpc) is 2.60. The maximum absolute atomic E-state index is 12.1. The van der Waals surface area contributed by atoms with Gasteiger partial charge in [0, 0.05) is 12.7 Å². The van der Waals surface area contributed by atoms with Crippen LogP contribution in [0.4, 0.5) is 0 Å². The molecule has 3 rings (SSSR count). The van der Waals surface area contributed by atoms with Crippen molar-refractivity contribution in [3.8, 4) is 0 Å². The Morgan fingerprint density at radius 1 is 1.04 bits per heavy atom. The molecule has 0 fully saturated rings. The quantitative estimate of drug-likeness (QED) is 0.788. The van der Waals surface area contributed by atoms with Crippen molar-refractivity contribution in [2.24, 2.45) is 0 Å². The van der Waals surface area contributed by atoms with Crippen LogP contribution in [-0.4, -0.2) is 22.4 Å². The van der Waals surface area contributed by atoms with Crippen LogP contribution in [0, 0.1) is 0 Å². The van der Waals surface area contributed by atoms with Gasteiger partial charge in [0.15, 0.2) is 0 Å². The molecule has 1 aromatic heterocycles. The predicted octanol–water partition coefficient (Wildman–Crippen LogP) is 3.09. The molecule has 1 heterocycles. The van der Waals surface area contributed by atoms with Gasteiger partial charge in [-0.15, -0.1) is 0 Å². The predicted molar refractivity (Wildman–Crippen MR) is 91.1 cm³/mol. The van der Waals surface area contributed by atoms with Crippen molar-refractivity contribution >= 4 is 16.9 Å². The third kappa shape index (κ3) is 3.92. The van der Waals surface area contributed by atoms with E-state index in [0.717, 1.165) is 11.0 Å². The van der Waals surface area contributed by atoms with Crippen molar-refractivity contribution in [3.05, 3.63) is 72.1 Å². The van der Waals surface area contributed by atoms with Crippen LogP contribution in [0.1, 0.15) is 24.1 Å². The topological polar surface area (TPSA) is 54.9 Å². The van der Waals surface area contributed by atoms with Gasteiger partial charge in [-0.25, -0.2) is 4.98 Å². The third-order valence-electron chi connectivity index (χ3n) is 3.81. The lowest BCUT2D eigenvalue weighted by Gasteiger charge is -2.13. The number of carbonyl (C=O) groups is 1. The molecule has 1 N–H and O–H groups in total. The number of para-hydroxylation sites is 2. The van der Waals surface area contributed by atoms with E-state index in [0.29, 0.717) is 12.2 Å². The van der Waals surface area contributed by atoms with Crippen molar-refractivity contribution in [2.75, 3.05) is 6.54 Å². The minimum absolute atomic E-state index is 0.0302. The Bertz CT molecular complexity index is 802. The van der Waals surface area contributed by atoms with Gasteiger partial charge in [-0.05, 0) is 23.6 Å². The Balaban J connectivity index is 1.58. The highest BCUT2D eigenvalue weighted by atomic mass is 16.1. The first-order valence-electron chi connectivity index (χ1n) is 7.74. The number of hydrogen-bond donors (Lipinski definition) is 1. The summed E-state index contributed by atoms with van der Waals surface area (Å²) in [7, 11) is 0. The summed E-state index contributed by atoms with van der Waals surface area (Å²) in [6, 6.07) is 17.8. The van der Waals surface area contributed by atoms with E-state index in [9.17, 15) is 4.79 Å². The minimum Gasteiger partial charge on any atom is -0.355 e. The number of aromatic nitrogens is 2. The number of nitrogens with one attached hydrogen (secondary N) is 1. The van der Waals surface area contributed by atoms with Gasteiger partial charge >= 0.3 is 0 Å². The van der Waals surface area contributed by atoms with Gasteiger partial charge in [-0.3, -0.25) is 9.78 Å². The number of fused-ring (bicyclic) bond motifs is 1. The molecule has 3 aromatic rings. The summed E-state index contributed by atoms with van der Waals surface area (Å²) in [4.78, 5) is 20.9. The largest absolute Gasteiger partial charge is 0.355 e. The van der Waals surface area contributed by atoms with Crippen molar-refractivity contribution in [2.45, 2.75) is 19.3 Å². The van der Waals surface area contributed by atoms with Crippen molar-refractivity contribution < 1.29 is 4.79 Å². The molecule has 0 aliphatic heterocycles. The smallest absolute Gasteiger partial charge is 0.226 e. The molecule has 0 saturated heterocycles. The Labute approximate surface area is 135 Å². The number of carbonyl (C=O) groups excluding carboxylic acids is 1. The van der Waals surface area contributed by atoms with Crippen LogP contribution in [0.15, 0.2) is 60.8 Å². The van der Waals surface area contributed by atoms with Crippen LogP contribution in [0.3, 0.4) is 0 Å². The molecular formula is C19H19N3O. The molecule has 1 atom stereocenters. The van der Waals surface area contributed by atoms with E-state index >= 15 is 0 Å². The van der Waals surface area contributed by atoms with E-state index in [4.69, 9.17) is 0 Å². The lowest BCUT2D eigenvalue weighted by Crippen LogP contribution is -2.29. The first kappa shape index (κ1) is 15.2. The molecule has 23 heavy (non-hydrogen) atoms. The van der Waals surface area contributed by atoms with E-state index in [1.54, 1.807) is 6.20 Å². The van der Waals surface area contributed by atoms with Crippen molar-refractivity contribution in [3.63, 3.8) is 0 Å². The summed E-state index contributed by atoms with van der Waals surface area (Å²) in [5, 5.41) is 2.97. The molecule has 2 aromatic carbocycles. The van der Waals surface area contributed by atoms with Gasteiger partial charge in [0.25, 0.3) is 0 Å². The van der Waals surface area contributed by atoms with Gasteiger partial charge in [-0.1, -0.05) is 49.4 Å². The standard InChI is InChI=1S/C19H19N3O/c1-14(15-7-3-2-4-8-15)12-21-19(23)11-16-13-20-17-9-5-6-10-18(17)22-16/h2-10,13-14H,11-12H2,1H3,(H,21,23)/t14-/m0/s1. The van der Waals surface area contributed by atoms with Gasteiger partial charge in [0.05, 0.1) is 23.1 Å². The average molecular weight is 305 g/mol. The molecule has 4 heteroatoms. The van der Waals surface area contributed by atoms with E-state index < -0.39 is 0 Å². The van der Waals surface area contributed by atoms with Crippen LogP contribution in [0.2, 0.25) is 0 Å². The monoisotopic (exact) mass is 305 g/mol. The van der Waals surface area contributed by atoms with E-state index in [-0.39, 0.29) is 18.2 Å². The molecule has 0 bridgehead atoms. The fraction of sp³-hybridized carbons (Fsp3) is 0.211. The summed E-state index contributed by atoms with van der Waals surface area (Å²) in [5.41, 5.74) is 3.57. The van der Waals surface area contributed by atoms with Gasteiger partial charge < -0.3 is 5.32 Å². The summed E-state index contributed by atoms with van der Waals surface area (Å²) < 4.78 is 0. The van der Waals surface area contributed by atoms with Crippen molar-refractivity contribution in [1.82, 2.24) is 15.3 Å². The normalized spacial score (nSPS) is 12.0. The van der Waals surface area contributed by atoms with E-state index in [2.05, 4.69) is 34.3 Å². The molecule has 0 aliphatic carbocycles. The maximum Gasteiger partial charge on any atom is 0.226 e. The highest BCUT2D eigenvalue weighted by Gasteiger charge is 2.09. The Morgan fingerprint density at radius 2 is 1.74 bits per heavy atom. The summed E-state index contributed by atoms with van der Waals surface area (Å²) >= 11 is 0. The van der Waals surface area contributed by atoms with Gasteiger partial charge in [0.2, 0.25) is 5.91 Å². The molecule has 0 unspecified atom stereocenters. The molecule has 0 aliphatic rings. The van der Waals surface area contributed by atoms with Crippen LogP contribution in [0.25, 0.3) is 11.0 Å². The number of nitrogens with zero attached hydrogens (tertiary/aromatic N) is 2. The SMILES string of the molecule is C[C@@H](CNC(=O)Cc1cnc2ccccc2n1)c1ccccc1. The first-order chi connectivity index (χ1) is 11.2. The number of amides is 1. The van der Waals surface area contributed by atoms with E-state index in [1.165, 1.54) is 5.56 Å². The zero-order valence-corrected chi connectivity index (χ0v) is 13.1. The lowest BCUT2D eigenvalue weighted by molar-refractivity contribution is -0.120. The molecule has 0 radical (unpaired) electrons. The summed E-state index contributed by atoms with van der Waals surface area (Å²) in [6.07, 6.45) is 1.92. The zero-order chi connectivity index (χ0) is 16.1. The second kappa shape index (κ2) is 7.01. The maximum atomic E-state index is 12.1. The van der Waals surface area contributed by atoms with Crippen LogP contribution < -0.4 is 5.32 Å². The van der Waals surface area contributed by atoms with Crippen LogP contribution in [-0.2, 0) is 11.2 Å². The highest BCUT2D eigenvalue weighted by Crippen LogP contribution is 2.13.